The van der Waals surface area contributed by atoms with E-state index in [1.54, 1.807) is 52.2 Å². The molecule has 0 atom stereocenters. The average molecular weight is 846 g/mol. The molecule has 5 aromatic rings. The van der Waals surface area contributed by atoms with E-state index < -0.39 is 50.7 Å². The molecule has 13 nitrogen and oxygen atoms in total. The van der Waals surface area contributed by atoms with Gasteiger partial charge >= 0.3 is 41.3 Å². The van der Waals surface area contributed by atoms with Crippen LogP contribution in [-0.2, 0) is 0 Å². The van der Waals surface area contributed by atoms with Crippen molar-refractivity contribution in [3.05, 3.63) is 113 Å². The zero-order chi connectivity index (χ0) is 40.8. The van der Waals surface area contributed by atoms with E-state index in [0.29, 0.717) is 22.8 Å². The van der Waals surface area contributed by atoms with Crippen molar-refractivity contribution in [1.82, 2.24) is 34.8 Å². The van der Waals surface area contributed by atoms with Gasteiger partial charge in [0.15, 0.2) is 27.6 Å². The maximum absolute atomic E-state index is 13.7. The Bertz CT molecular complexity index is 2330. The van der Waals surface area contributed by atoms with E-state index in [1.807, 2.05) is 34.6 Å². The number of pyridine rings is 4. The molecular formula is C37H42Cl3F2N8NaO5. The van der Waals surface area contributed by atoms with Gasteiger partial charge in [-0.25, -0.2) is 32.9 Å². The summed E-state index contributed by atoms with van der Waals surface area (Å²) in [5.74, 6) is -2.56. The predicted octanol–water partition coefficient (Wildman–Crippen LogP) is 4.79. The second kappa shape index (κ2) is 21.1. The molecular weight excluding hydrogens is 804 g/mol. The number of imide groups is 1. The monoisotopic (exact) mass is 844 g/mol. The van der Waals surface area contributed by atoms with Crippen molar-refractivity contribution in [3.63, 3.8) is 0 Å². The fourth-order valence-electron chi connectivity index (χ4n) is 4.70. The van der Waals surface area contributed by atoms with Crippen LogP contribution in [0.15, 0.2) is 46.2 Å². The van der Waals surface area contributed by atoms with Crippen LogP contribution in [0, 0.1) is 25.5 Å². The van der Waals surface area contributed by atoms with Crippen molar-refractivity contribution in [3.8, 4) is 5.69 Å². The molecule has 5 aromatic heterocycles. The number of urea groups is 1. The smallest absolute Gasteiger partial charge is 0.850 e. The van der Waals surface area contributed by atoms with Crippen LogP contribution >= 0.6 is 34.8 Å². The Labute approximate surface area is 359 Å². The van der Waals surface area contributed by atoms with Crippen molar-refractivity contribution in [2.75, 3.05) is 5.32 Å². The minimum atomic E-state index is -0.915. The third-order valence-corrected chi connectivity index (χ3v) is 7.87. The summed E-state index contributed by atoms with van der Waals surface area (Å²) in [6, 6.07) is 4.47. The number of carbonyl (C=O) groups excluding carboxylic acids is 2. The minimum absolute atomic E-state index is 0. The molecule has 0 bridgehead atoms. The number of aromatic nitrogens is 6. The Hall–Kier alpha value is -3.83. The largest absolute Gasteiger partial charge is 1.00 e. The summed E-state index contributed by atoms with van der Waals surface area (Å²) in [5, 5.41) is 13.5. The number of nitrogens with zero attached hydrogens (tertiary/aromatic N) is 5. The molecule has 0 saturated carbocycles. The van der Waals surface area contributed by atoms with E-state index in [-0.39, 0.29) is 70.6 Å². The molecule has 5 heterocycles. The number of carbonyl (C=O) groups is 2. The number of H-pyrrole nitrogens is 1. The number of fused-ring (bicyclic) bond motifs is 1. The summed E-state index contributed by atoms with van der Waals surface area (Å²) in [4.78, 5) is 66.9. The molecule has 0 radical (unpaired) electrons. The maximum Gasteiger partial charge on any atom is 1.00 e. The second-order valence-corrected chi connectivity index (χ2v) is 14.5. The number of aryl methyl sites for hydroxylation is 2. The fourth-order valence-corrected chi connectivity index (χ4v) is 5.25. The Morgan fingerprint density at radius 2 is 1.36 bits per heavy atom. The number of amides is 3. The topological polar surface area (TPSA) is 188 Å². The SMILES string of the molecule is C.CC(C)(C)[O-].Cc1ccnc(C(C)C)c1-n1c(=O)[nH]c(=O)c2cc(F)c(Cl)nc21.Cc1ccnc(C(C)C)c1NC(=O)NC(=O)c1cc(F)c(Cl)nc1Cl.[Na+]. The van der Waals surface area contributed by atoms with Crippen LogP contribution in [0.3, 0.4) is 0 Å². The van der Waals surface area contributed by atoms with Crippen LogP contribution in [0.1, 0.15) is 101 Å². The third kappa shape index (κ3) is 13.1. The zero-order valence-corrected chi connectivity index (χ0v) is 36.1. The van der Waals surface area contributed by atoms with Crippen molar-refractivity contribution in [2.45, 2.75) is 87.2 Å². The van der Waals surface area contributed by atoms with Crippen molar-refractivity contribution in [2.24, 2.45) is 0 Å². The summed E-state index contributed by atoms with van der Waals surface area (Å²) in [7, 11) is 0. The van der Waals surface area contributed by atoms with Gasteiger partial charge in [-0.3, -0.25) is 29.9 Å². The summed E-state index contributed by atoms with van der Waals surface area (Å²) < 4.78 is 28.4. The quantitative estimate of drug-likeness (QED) is 0.165. The van der Waals surface area contributed by atoms with Gasteiger partial charge in [-0.2, -0.15) is 0 Å². The summed E-state index contributed by atoms with van der Waals surface area (Å²) in [6.45, 7) is 16.2. The molecule has 5 rings (SSSR count). The molecule has 0 aliphatic rings. The van der Waals surface area contributed by atoms with E-state index in [0.717, 1.165) is 23.3 Å². The van der Waals surface area contributed by atoms with Gasteiger partial charge in [0.1, 0.15) is 5.15 Å². The molecule has 3 amide bonds. The van der Waals surface area contributed by atoms with E-state index in [1.165, 1.54) is 4.57 Å². The minimum Gasteiger partial charge on any atom is -0.850 e. The Kier molecular flexibility index (Phi) is 18.9. The number of hydrogen-bond donors (Lipinski definition) is 3. The Balaban J connectivity index is 0.000000484. The maximum atomic E-state index is 13.7. The number of halogens is 5. The zero-order valence-electron chi connectivity index (χ0n) is 31.8. The predicted molar refractivity (Wildman–Crippen MR) is 210 cm³/mol. The van der Waals surface area contributed by atoms with E-state index in [2.05, 4.69) is 35.6 Å². The first kappa shape index (κ1) is 50.2. The van der Waals surface area contributed by atoms with Crippen molar-refractivity contribution in [1.29, 1.82) is 0 Å². The molecule has 0 spiro atoms. The Morgan fingerprint density at radius 1 is 0.857 bits per heavy atom. The Morgan fingerprint density at radius 3 is 1.91 bits per heavy atom. The first-order valence-corrected chi connectivity index (χ1v) is 17.4. The van der Waals surface area contributed by atoms with Crippen LogP contribution in [0.5, 0.6) is 0 Å². The molecule has 0 aliphatic heterocycles. The first-order chi connectivity index (χ1) is 25.0. The second-order valence-electron chi connectivity index (χ2n) is 13.4. The molecule has 56 heavy (non-hydrogen) atoms. The molecule has 0 aromatic carbocycles. The van der Waals surface area contributed by atoms with Crippen LogP contribution < -0.4 is 56.5 Å². The van der Waals surface area contributed by atoms with Crippen molar-refractivity contribution >= 4 is 63.5 Å². The summed E-state index contributed by atoms with van der Waals surface area (Å²) in [6.07, 6.45) is 3.29. The fraction of sp³-hybridized carbons (Fsp3) is 0.351. The van der Waals surface area contributed by atoms with E-state index in [9.17, 15) is 33.1 Å². The van der Waals surface area contributed by atoms with Crippen molar-refractivity contribution < 1.29 is 53.0 Å². The molecule has 3 N–H and O–H groups in total. The number of hydrogen-bond acceptors (Lipinski definition) is 9. The number of rotatable bonds is 5. The van der Waals surface area contributed by atoms with Gasteiger partial charge in [0.05, 0.1) is 33.7 Å². The van der Waals surface area contributed by atoms with E-state index in [4.69, 9.17) is 34.8 Å². The molecule has 0 saturated heterocycles. The van der Waals surface area contributed by atoms with Crippen LogP contribution in [0.25, 0.3) is 16.7 Å². The van der Waals surface area contributed by atoms with Gasteiger partial charge < -0.3 is 10.4 Å². The normalized spacial score (nSPS) is 10.7. The molecule has 296 valence electrons. The number of anilines is 1. The summed E-state index contributed by atoms with van der Waals surface area (Å²) >= 11 is 17.0. The molecule has 0 unspecified atom stereocenters. The molecule has 0 fully saturated rings. The first-order valence-electron chi connectivity index (χ1n) is 16.3. The standard InChI is InChI=1S/C16H15Cl2FN4O2.C16H14ClFN4O2.C4H9O.CH4.Na/c1-7(2)11-12(8(3)4-5-20-11)21-16(25)23-15(24)9-6-10(19)14(18)22-13(9)17;1-7(2)11-12(8(3)4-5-19-11)22-14-9(15(23)21-16(22)24)6-10(18)13(17)20-14;1-4(2,3)5;;/h4-7H,1-3H3,(H2,21,23,24,25);4-7H,1-3H3,(H,21,23,24);1-3H3;1H4;/q;;-1;;+1. The van der Waals surface area contributed by atoms with Gasteiger partial charge in [-0.1, -0.05) is 90.7 Å². The third-order valence-electron chi connectivity index (χ3n) is 7.05. The van der Waals surface area contributed by atoms with E-state index >= 15 is 0 Å². The average Bonchev–Trinajstić information content (AvgIpc) is 3.04. The van der Waals surface area contributed by atoms with Crippen LogP contribution in [0.2, 0.25) is 15.5 Å². The molecule has 0 aliphatic carbocycles. The van der Waals surface area contributed by atoms with Gasteiger partial charge in [-0.05, 0) is 61.1 Å². The van der Waals surface area contributed by atoms with Gasteiger partial charge in [0, 0.05) is 12.4 Å². The van der Waals surface area contributed by atoms with Gasteiger partial charge in [0.2, 0.25) is 0 Å². The van der Waals surface area contributed by atoms with Gasteiger partial charge in [-0.15, -0.1) is 5.60 Å². The van der Waals surface area contributed by atoms with Gasteiger partial charge in [0.25, 0.3) is 11.5 Å². The van der Waals surface area contributed by atoms with Crippen LogP contribution in [0.4, 0.5) is 19.3 Å². The number of aromatic amines is 1. The molecule has 19 heteroatoms. The van der Waals surface area contributed by atoms with Crippen LogP contribution in [-0.4, -0.2) is 47.0 Å². The summed E-state index contributed by atoms with van der Waals surface area (Å²) in [5.41, 5.74) is 1.46. The number of nitrogens with one attached hydrogen (secondary N) is 3.